The predicted octanol–water partition coefficient (Wildman–Crippen LogP) is 4.50. The van der Waals surface area contributed by atoms with Gasteiger partial charge in [-0.15, -0.1) is 0 Å². The molecule has 0 spiro atoms. The van der Waals surface area contributed by atoms with Gasteiger partial charge in [0, 0.05) is 31.7 Å². The first-order valence-electron chi connectivity index (χ1n) is 10.5. The smallest absolute Gasteiger partial charge is 0.337 e. The number of aromatic nitrogens is 2. The quantitative estimate of drug-likeness (QED) is 0.725. The molecular formula is C22H27F3N4O2. The molecular weight excluding hydrogens is 409 g/mol. The standard InChI is InChI=1S/C22H27F3N4O2/c1-3-29-19(13-15(2)27-29)21(31)28-12-4-5-16(14-28)6-11-20(30)26-18-9-7-17(8-10-18)22(23,24)25/h7-10,13,16H,3-6,11-12,14H2,1-2H3,(H,26,30). The van der Waals surface area contributed by atoms with E-state index in [0.717, 1.165) is 30.7 Å². The first-order valence-corrected chi connectivity index (χ1v) is 10.5. The van der Waals surface area contributed by atoms with Gasteiger partial charge < -0.3 is 10.2 Å². The van der Waals surface area contributed by atoms with Crippen LogP contribution in [0, 0.1) is 12.8 Å². The Morgan fingerprint density at radius 1 is 1.23 bits per heavy atom. The maximum Gasteiger partial charge on any atom is 0.416 e. The molecule has 3 rings (SSSR count). The van der Waals surface area contributed by atoms with Gasteiger partial charge in [0.05, 0.1) is 11.3 Å². The van der Waals surface area contributed by atoms with Crippen molar-refractivity contribution >= 4 is 17.5 Å². The van der Waals surface area contributed by atoms with Gasteiger partial charge in [-0.05, 0) is 69.4 Å². The maximum atomic E-state index is 12.9. The van der Waals surface area contributed by atoms with Gasteiger partial charge >= 0.3 is 6.18 Å². The highest BCUT2D eigenvalue weighted by Crippen LogP contribution is 2.30. The molecule has 1 aromatic carbocycles. The predicted molar refractivity (Wildman–Crippen MR) is 111 cm³/mol. The number of hydrogen-bond acceptors (Lipinski definition) is 3. The fourth-order valence-electron chi connectivity index (χ4n) is 3.91. The third-order valence-corrected chi connectivity index (χ3v) is 5.50. The lowest BCUT2D eigenvalue weighted by Crippen LogP contribution is -2.41. The van der Waals surface area contributed by atoms with Gasteiger partial charge in [-0.2, -0.15) is 18.3 Å². The average molecular weight is 436 g/mol. The number of hydrogen-bond donors (Lipinski definition) is 1. The van der Waals surface area contributed by atoms with E-state index in [0.29, 0.717) is 37.4 Å². The molecule has 1 atom stereocenters. The number of piperidine rings is 1. The van der Waals surface area contributed by atoms with Crippen molar-refractivity contribution in [2.75, 3.05) is 18.4 Å². The summed E-state index contributed by atoms with van der Waals surface area (Å²) in [6.45, 7) is 5.69. The van der Waals surface area contributed by atoms with Crippen molar-refractivity contribution in [2.45, 2.75) is 52.3 Å². The molecule has 0 radical (unpaired) electrons. The van der Waals surface area contributed by atoms with Crippen LogP contribution >= 0.6 is 0 Å². The number of rotatable bonds is 6. The van der Waals surface area contributed by atoms with Crippen molar-refractivity contribution in [3.05, 3.63) is 47.3 Å². The Bertz CT molecular complexity index is 922. The summed E-state index contributed by atoms with van der Waals surface area (Å²) in [6.07, 6.45) is -1.73. The molecule has 1 N–H and O–H groups in total. The highest BCUT2D eigenvalue weighted by Gasteiger charge is 2.30. The molecule has 2 aromatic rings. The van der Waals surface area contributed by atoms with Crippen molar-refractivity contribution < 1.29 is 22.8 Å². The Hall–Kier alpha value is -2.84. The lowest BCUT2D eigenvalue weighted by molar-refractivity contribution is -0.137. The molecule has 1 aliphatic rings. The molecule has 0 bridgehead atoms. The van der Waals surface area contributed by atoms with Gasteiger partial charge in [-0.25, -0.2) is 0 Å². The van der Waals surface area contributed by atoms with Crippen LogP contribution in [0.4, 0.5) is 18.9 Å². The van der Waals surface area contributed by atoms with Gasteiger partial charge in [-0.1, -0.05) is 0 Å². The van der Waals surface area contributed by atoms with Gasteiger partial charge in [0.15, 0.2) is 0 Å². The number of anilines is 1. The maximum absolute atomic E-state index is 12.9. The molecule has 31 heavy (non-hydrogen) atoms. The summed E-state index contributed by atoms with van der Waals surface area (Å²) in [5.74, 6) is -0.0839. The summed E-state index contributed by atoms with van der Waals surface area (Å²) in [7, 11) is 0. The van der Waals surface area contributed by atoms with Crippen molar-refractivity contribution in [2.24, 2.45) is 5.92 Å². The van der Waals surface area contributed by atoms with Crippen LogP contribution in [-0.2, 0) is 17.5 Å². The number of alkyl halides is 3. The fraction of sp³-hybridized carbons (Fsp3) is 0.500. The Morgan fingerprint density at radius 2 is 1.94 bits per heavy atom. The van der Waals surface area contributed by atoms with Crippen LogP contribution in [0.3, 0.4) is 0 Å². The zero-order valence-electron chi connectivity index (χ0n) is 17.7. The van der Waals surface area contributed by atoms with Gasteiger partial charge in [0.1, 0.15) is 5.69 Å². The van der Waals surface area contributed by atoms with Crippen LogP contribution in [0.1, 0.15) is 54.4 Å². The lowest BCUT2D eigenvalue weighted by Gasteiger charge is -2.32. The van der Waals surface area contributed by atoms with Gasteiger partial charge in [0.2, 0.25) is 5.91 Å². The Morgan fingerprint density at radius 3 is 2.58 bits per heavy atom. The molecule has 1 unspecified atom stereocenters. The molecule has 1 saturated heterocycles. The Balaban J connectivity index is 1.51. The van der Waals surface area contributed by atoms with Crippen LogP contribution in [0.15, 0.2) is 30.3 Å². The van der Waals surface area contributed by atoms with Crippen LogP contribution in [0.25, 0.3) is 0 Å². The summed E-state index contributed by atoms with van der Waals surface area (Å²) in [4.78, 5) is 27.0. The normalized spacial score (nSPS) is 16.9. The van der Waals surface area contributed by atoms with E-state index in [-0.39, 0.29) is 24.2 Å². The van der Waals surface area contributed by atoms with Crippen molar-refractivity contribution in [3.8, 4) is 0 Å². The number of nitrogens with one attached hydrogen (secondary N) is 1. The second-order valence-electron chi connectivity index (χ2n) is 7.91. The molecule has 168 valence electrons. The molecule has 1 aliphatic heterocycles. The number of aryl methyl sites for hydroxylation is 2. The fourth-order valence-corrected chi connectivity index (χ4v) is 3.91. The molecule has 2 heterocycles. The van der Waals surface area contributed by atoms with E-state index >= 15 is 0 Å². The highest BCUT2D eigenvalue weighted by atomic mass is 19.4. The second kappa shape index (κ2) is 9.53. The zero-order valence-corrected chi connectivity index (χ0v) is 17.7. The molecule has 6 nitrogen and oxygen atoms in total. The lowest BCUT2D eigenvalue weighted by atomic mass is 9.93. The number of likely N-dealkylation sites (tertiary alicyclic amines) is 1. The third-order valence-electron chi connectivity index (χ3n) is 5.50. The molecule has 0 saturated carbocycles. The van der Waals surface area contributed by atoms with E-state index in [1.807, 2.05) is 18.7 Å². The van der Waals surface area contributed by atoms with Crippen molar-refractivity contribution in [3.63, 3.8) is 0 Å². The minimum atomic E-state index is -4.40. The van der Waals surface area contributed by atoms with Gasteiger partial charge in [-0.3, -0.25) is 14.3 Å². The third kappa shape index (κ3) is 5.86. The van der Waals surface area contributed by atoms with E-state index in [1.54, 1.807) is 10.7 Å². The molecule has 1 aromatic heterocycles. The number of carbonyl (C=O) groups is 2. The minimum Gasteiger partial charge on any atom is -0.337 e. The summed E-state index contributed by atoms with van der Waals surface area (Å²) in [5.41, 5.74) is 0.970. The van der Waals surface area contributed by atoms with Crippen molar-refractivity contribution in [1.29, 1.82) is 0 Å². The zero-order chi connectivity index (χ0) is 22.6. The van der Waals surface area contributed by atoms with E-state index in [9.17, 15) is 22.8 Å². The number of carbonyl (C=O) groups excluding carboxylic acids is 2. The summed E-state index contributed by atoms with van der Waals surface area (Å²) < 4.78 is 39.6. The second-order valence-corrected chi connectivity index (χ2v) is 7.91. The SMILES string of the molecule is CCn1nc(C)cc1C(=O)N1CCCC(CCC(=O)Nc2ccc(C(F)(F)F)cc2)C1. The number of benzene rings is 1. The summed E-state index contributed by atoms with van der Waals surface area (Å²) in [5, 5.41) is 6.98. The Labute approximate surface area is 179 Å². The number of amides is 2. The van der Waals surface area contributed by atoms with Crippen molar-refractivity contribution in [1.82, 2.24) is 14.7 Å². The number of nitrogens with zero attached hydrogens (tertiary/aromatic N) is 3. The summed E-state index contributed by atoms with van der Waals surface area (Å²) >= 11 is 0. The van der Waals surface area contributed by atoms with Crippen LogP contribution < -0.4 is 5.32 Å². The topological polar surface area (TPSA) is 67.2 Å². The molecule has 9 heteroatoms. The minimum absolute atomic E-state index is 0.0404. The highest BCUT2D eigenvalue weighted by molar-refractivity contribution is 5.93. The first kappa shape index (κ1) is 22.8. The summed E-state index contributed by atoms with van der Waals surface area (Å²) in [6, 6.07) is 6.19. The molecule has 2 amide bonds. The molecule has 1 fully saturated rings. The van der Waals surface area contributed by atoms with E-state index < -0.39 is 11.7 Å². The van der Waals surface area contributed by atoms with E-state index in [4.69, 9.17) is 0 Å². The monoisotopic (exact) mass is 436 g/mol. The van der Waals surface area contributed by atoms with Crippen LogP contribution in [-0.4, -0.2) is 39.6 Å². The Kier molecular flexibility index (Phi) is 7.02. The average Bonchev–Trinajstić information content (AvgIpc) is 3.12. The molecule has 0 aliphatic carbocycles. The van der Waals surface area contributed by atoms with Gasteiger partial charge in [0.25, 0.3) is 5.91 Å². The van der Waals surface area contributed by atoms with E-state index in [2.05, 4.69) is 10.4 Å². The van der Waals surface area contributed by atoms with Crippen LogP contribution in [0.2, 0.25) is 0 Å². The van der Waals surface area contributed by atoms with Crippen LogP contribution in [0.5, 0.6) is 0 Å². The number of halogens is 3. The largest absolute Gasteiger partial charge is 0.416 e. The first-order chi connectivity index (χ1) is 14.7. The van der Waals surface area contributed by atoms with E-state index in [1.165, 1.54) is 12.1 Å².